The monoisotopic (exact) mass is 491 g/mol. The molecule has 2 fully saturated rings. The summed E-state index contributed by atoms with van der Waals surface area (Å²) >= 11 is 6.33. The molecule has 2 saturated heterocycles. The Morgan fingerprint density at radius 2 is 2.12 bits per heavy atom. The number of hydrogen-bond donors (Lipinski definition) is 2. The van der Waals surface area contributed by atoms with Gasteiger partial charge in [-0.15, -0.1) is 0 Å². The molecule has 1 unspecified atom stereocenters. The second-order valence-corrected chi connectivity index (χ2v) is 9.11. The molecule has 34 heavy (non-hydrogen) atoms. The van der Waals surface area contributed by atoms with Crippen LogP contribution in [0.15, 0.2) is 35.5 Å². The number of fused-ring (bicyclic) bond motifs is 2. The van der Waals surface area contributed by atoms with E-state index in [1.807, 2.05) is 12.2 Å². The maximum Gasteiger partial charge on any atom is 0.342 e. The van der Waals surface area contributed by atoms with Crippen molar-refractivity contribution in [3.8, 4) is 11.5 Å². The molecule has 1 aromatic carbocycles. The van der Waals surface area contributed by atoms with Gasteiger partial charge in [-0.05, 0) is 18.6 Å². The topological polar surface area (TPSA) is 121 Å². The van der Waals surface area contributed by atoms with Crippen LogP contribution in [0, 0.1) is 4.91 Å². The molecule has 182 valence electrons. The van der Waals surface area contributed by atoms with Crippen LogP contribution in [0.3, 0.4) is 0 Å². The summed E-state index contributed by atoms with van der Waals surface area (Å²) in [7, 11) is 0. The van der Waals surface area contributed by atoms with Crippen LogP contribution in [0.1, 0.15) is 48.5 Å². The van der Waals surface area contributed by atoms with Crippen molar-refractivity contribution in [3.05, 3.63) is 51.4 Å². The van der Waals surface area contributed by atoms with Crippen molar-refractivity contribution in [2.75, 3.05) is 13.2 Å². The zero-order valence-corrected chi connectivity index (χ0v) is 19.6. The number of carbonyl (C=O) groups is 1. The molecule has 1 aromatic rings. The Hall–Kier alpha value is -2.91. The molecule has 0 aromatic heterocycles. The van der Waals surface area contributed by atoms with Gasteiger partial charge < -0.3 is 24.5 Å². The van der Waals surface area contributed by atoms with E-state index in [-0.39, 0.29) is 53.2 Å². The first kappa shape index (κ1) is 24.2. The fourth-order valence-electron chi connectivity index (χ4n) is 4.27. The highest BCUT2D eigenvalue weighted by Crippen LogP contribution is 2.38. The zero-order chi connectivity index (χ0) is 24.2. The SMILES string of the molecule is C[C@@H]1C[C@H]2O[C@@H]2/C=C\C=C\C(=NOCCC2CCC[N+]2=O)Cc2c(Cl)c(O)cc(O)c2C(=O)O1. The van der Waals surface area contributed by atoms with Crippen molar-refractivity contribution < 1.29 is 34.1 Å². The van der Waals surface area contributed by atoms with E-state index in [0.29, 0.717) is 25.1 Å². The molecule has 4 rings (SSSR count). The average molecular weight is 492 g/mol. The first-order valence-electron chi connectivity index (χ1n) is 11.4. The summed E-state index contributed by atoms with van der Waals surface area (Å²) in [6.45, 7) is 2.54. The summed E-state index contributed by atoms with van der Waals surface area (Å²) in [4.78, 5) is 30.2. The number of oxime groups is 1. The maximum absolute atomic E-state index is 12.9. The standard InChI is InChI=1S/C24H27ClN2O7/c1-14-11-21-20(34-21)7-3-2-5-15(26-32-10-8-16-6-4-9-27(16)31)12-17-22(24(30)33-14)18(28)13-19(29)23(17)25/h2-3,5,7,13-14,16,20-21H,4,6,8-12H2,1H3,(H-,28,29,30)/p+1/b5-2+,7-3-,26-15?/t14-,16?,20-,21-/m1/s1. The van der Waals surface area contributed by atoms with E-state index in [1.165, 1.54) is 0 Å². The second-order valence-electron chi connectivity index (χ2n) is 8.74. The van der Waals surface area contributed by atoms with Crippen molar-refractivity contribution in [1.29, 1.82) is 0 Å². The highest BCUT2D eigenvalue weighted by molar-refractivity contribution is 6.33. The van der Waals surface area contributed by atoms with E-state index in [9.17, 15) is 19.9 Å². The molecule has 3 heterocycles. The lowest BCUT2D eigenvalue weighted by Gasteiger charge is -2.17. The number of rotatable bonds is 4. The van der Waals surface area contributed by atoms with Crippen molar-refractivity contribution in [1.82, 2.24) is 0 Å². The largest absolute Gasteiger partial charge is 0.507 e. The zero-order valence-electron chi connectivity index (χ0n) is 18.9. The van der Waals surface area contributed by atoms with Crippen LogP contribution in [0.25, 0.3) is 0 Å². The lowest BCUT2D eigenvalue weighted by Crippen LogP contribution is -2.20. The number of epoxide rings is 1. The van der Waals surface area contributed by atoms with Gasteiger partial charge >= 0.3 is 5.97 Å². The molecule has 2 N–H and O–H groups in total. The van der Waals surface area contributed by atoms with Gasteiger partial charge in [-0.1, -0.05) is 35.0 Å². The molecule has 4 atom stereocenters. The van der Waals surface area contributed by atoms with Gasteiger partial charge in [-0.2, -0.15) is 0 Å². The highest BCUT2D eigenvalue weighted by Gasteiger charge is 2.38. The van der Waals surface area contributed by atoms with Gasteiger partial charge in [0, 0.05) is 41.4 Å². The van der Waals surface area contributed by atoms with E-state index in [0.717, 1.165) is 23.7 Å². The van der Waals surface area contributed by atoms with E-state index in [1.54, 1.807) is 19.1 Å². The number of phenolic OH excluding ortho intramolecular Hbond substituents is 2. The number of allylic oxidation sites excluding steroid dienone is 3. The van der Waals surface area contributed by atoms with Crippen molar-refractivity contribution >= 4 is 23.3 Å². The van der Waals surface area contributed by atoms with Gasteiger partial charge in [-0.3, -0.25) is 0 Å². The third-order valence-electron chi connectivity index (χ3n) is 6.13. The number of cyclic esters (lactones) is 1. The summed E-state index contributed by atoms with van der Waals surface area (Å²) < 4.78 is 12.2. The molecular weight excluding hydrogens is 464 g/mol. The summed E-state index contributed by atoms with van der Waals surface area (Å²) in [6.07, 6.45) is 9.37. The van der Waals surface area contributed by atoms with Gasteiger partial charge in [-0.25, -0.2) is 4.79 Å². The number of aromatic hydroxyl groups is 2. The van der Waals surface area contributed by atoms with Crippen LogP contribution in [0.4, 0.5) is 0 Å². The fourth-order valence-corrected chi connectivity index (χ4v) is 4.48. The molecule has 10 heteroatoms. The summed E-state index contributed by atoms with van der Waals surface area (Å²) in [6, 6.07) is 0.938. The smallest absolute Gasteiger partial charge is 0.342 e. The van der Waals surface area contributed by atoms with E-state index in [4.69, 9.17) is 25.9 Å². The number of nitroso groups, excluding NO2 is 1. The minimum absolute atomic E-state index is 0.0103. The van der Waals surface area contributed by atoms with Crippen LogP contribution in [0.5, 0.6) is 11.5 Å². The summed E-state index contributed by atoms with van der Waals surface area (Å²) in [5, 5.41) is 24.7. The predicted molar refractivity (Wildman–Crippen MR) is 124 cm³/mol. The number of hydrogen-bond acceptors (Lipinski definition) is 8. The number of ether oxygens (including phenoxy) is 2. The minimum Gasteiger partial charge on any atom is -0.507 e. The normalized spacial score (nSPS) is 30.1. The molecule has 9 nitrogen and oxygen atoms in total. The lowest BCUT2D eigenvalue weighted by molar-refractivity contribution is -0.565. The van der Waals surface area contributed by atoms with Crippen LogP contribution >= 0.6 is 11.6 Å². The molecule has 0 amide bonds. The summed E-state index contributed by atoms with van der Waals surface area (Å²) in [5.41, 5.74) is 0.436. The average Bonchev–Trinajstić information content (AvgIpc) is 3.38. The third-order valence-corrected chi connectivity index (χ3v) is 6.55. The van der Waals surface area contributed by atoms with Crippen molar-refractivity contribution in [2.24, 2.45) is 5.16 Å². The number of halogens is 1. The number of benzene rings is 1. The third kappa shape index (κ3) is 5.77. The van der Waals surface area contributed by atoms with Crippen molar-refractivity contribution in [2.45, 2.75) is 63.4 Å². The Balaban J connectivity index is 1.61. The fraction of sp³-hybridized carbons (Fsp3) is 0.500. The first-order chi connectivity index (χ1) is 16.3. The van der Waals surface area contributed by atoms with E-state index < -0.39 is 17.8 Å². The molecule has 0 saturated carbocycles. The number of phenols is 2. The quantitative estimate of drug-likeness (QED) is 0.216. The second kappa shape index (κ2) is 10.6. The van der Waals surface area contributed by atoms with Gasteiger partial charge in [0.1, 0.15) is 35.9 Å². The lowest BCUT2D eigenvalue weighted by atomic mass is 9.99. The molecule has 0 radical (unpaired) electrons. The van der Waals surface area contributed by atoms with Crippen molar-refractivity contribution in [3.63, 3.8) is 0 Å². The van der Waals surface area contributed by atoms with E-state index >= 15 is 0 Å². The maximum atomic E-state index is 12.9. The van der Waals surface area contributed by atoms with Crippen LogP contribution in [0.2, 0.25) is 5.02 Å². The van der Waals surface area contributed by atoms with Gasteiger partial charge in [0.2, 0.25) is 6.04 Å². The molecule has 3 aliphatic rings. The van der Waals surface area contributed by atoms with E-state index in [2.05, 4.69) is 5.16 Å². The van der Waals surface area contributed by atoms with Crippen LogP contribution < -0.4 is 0 Å². The van der Waals surface area contributed by atoms with Crippen LogP contribution in [-0.2, 0) is 20.7 Å². The predicted octanol–water partition coefficient (Wildman–Crippen LogP) is 3.83. The number of carbonyl (C=O) groups excluding carboxylic acids is 1. The molecule has 0 bridgehead atoms. The molecule has 3 aliphatic heterocycles. The highest BCUT2D eigenvalue weighted by atomic mass is 35.5. The first-order valence-corrected chi connectivity index (χ1v) is 11.8. The van der Waals surface area contributed by atoms with Crippen LogP contribution in [-0.4, -0.2) is 64.2 Å². The van der Waals surface area contributed by atoms with Gasteiger partial charge in [0.15, 0.2) is 6.54 Å². The molecular formula is C24H28ClN2O7+. The molecule has 0 spiro atoms. The van der Waals surface area contributed by atoms with Gasteiger partial charge in [0.05, 0.1) is 23.3 Å². The minimum atomic E-state index is -0.757. The Kier molecular flexibility index (Phi) is 7.53. The Bertz CT molecular complexity index is 1050. The Labute approximate surface area is 202 Å². The molecule has 0 aliphatic carbocycles. The summed E-state index contributed by atoms with van der Waals surface area (Å²) in [5.74, 6) is -1.56. The number of esters is 1. The Morgan fingerprint density at radius 1 is 1.29 bits per heavy atom. The van der Waals surface area contributed by atoms with Gasteiger partial charge in [0.25, 0.3) is 0 Å². The number of nitrogens with zero attached hydrogens (tertiary/aromatic N) is 2. The Morgan fingerprint density at radius 3 is 2.88 bits per heavy atom.